The van der Waals surface area contributed by atoms with E-state index in [0.29, 0.717) is 12.2 Å². The Morgan fingerprint density at radius 2 is 2.20 bits per heavy atom. The molecule has 0 aliphatic rings. The Bertz CT molecular complexity index is 98.9. The van der Waals surface area contributed by atoms with Crippen LogP contribution in [0.25, 0.3) is 0 Å². The molecule has 0 heterocycles. The fraction of sp³-hybridized carbons (Fsp3) is 0.800. The summed E-state index contributed by atoms with van der Waals surface area (Å²) in [7, 11) is 0. The van der Waals surface area contributed by atoms with Gasteiger partial charge in [-0.3, -0.25) is 0 Å². The van der Waals surface area contributed by atoms with Crippen LogP contribution in [0.4, 0.5) is 0 Å². The molecule has 0 saturated carbocycles. The molecule has 0 fully saturated rings. The van der Waals surface area contributed by atoms with Crippen LogP contribution in [0.1, 0.15) is 6.42 Å². The van der Waals surface area contributed by atoms with E-state index in [1.807, 2.05) is 6.26 Å². The second kappa shape index (κ2) is 8.51. The molecule has 0 aromatic carbocycles. The molecule has 0 radical (unpaired) electrons. The summed E-state index contributed by atoms with van der Waals surface area (Å²) >= 11 is 1.52. The second-order valence-electron chi connectivity index (χ2n) is 1.64. The standard InChI is InChI=1S/C5H10O3S.K.H/c1-9-3-2-4(6)5(7)8;;/h4,6H,2-3H2,1H3,(H,7,8);;. The maximum absolute atomic E-state index is 9.95. The Kier molecular flexibility index (Phi) is 11.9. The van der Waals surface area contributed by atoms with E-state index in [-0.39, 0.29) is 51.4 Å². The summed E-state index contributed by atoms with van der Waals surface area (Å²) in [5.41, 5.74) is 0. The molecule has 0 aromatic heterocycles. The first-order valence-corrected chi connectivity index (χ1v) is 3.97. The summed E-state index contributed by atoms with van der Waals surface area (Å²) in [5, 5.41) is 16.8. The van der Waals surface area contributed by atoms with Crippen molar-refractivity contribution in [1.82, 2.24) is 0 Å². The molecular formula is C5H11KO3S. The van der Waals surface area contributed by atoms with Crippen molar-refractivity contribution in [2.24, 2.45) is 0 Å². The number of carbonyl (C=O) groups is 1. The van der Waals surface area contributed by atoms with Crippen LogP contribution >= 0.6 is 11.8 Å². The molecule has 2 N–H and O–H groups in total. The number of rotatable bonds is 4. The zero-order chi connectivity index (χ0) is 7.28. The summed E-state index contributed by atoms with van der Waals surface area (Å²) in [6.45, 7) is 0. The third kappa shape index (κ3) is 7.52. The number of aliphatic hydroxyl groups excluding tert-OH is 1. The Morgan fingerprint density at radius 1 is 1.70 bits per heavy atom. The van der Waals surface area contributed by atoms with E-state index in [0.717, 1.165) is 0 Å². The number of carboxylic acid groups (broad SMARTS) is 1. The predicted molar refractivity (Wildman–Crippen MR) is 43.8 cm³/mol. The molecule has 56 valence electrons. The fourth-order valence-electron chi connectivity index (χ4n) is 0.353. The van der Waals surface area contributed by atoms with E-state index in [1.54, 1.807) is 0 Å². The Hall–Kier alpha value is 1.42. The number of hydrogen-bond acceptors (Lipinski definition) is 3. The molecule has 1 atom stereocenters. The van der Waals surface area contributed by atoms with Gasteiger partial charge in [0.2, 0.25) is 0 Å². The number of aliphatic carboxylic acids is 1. The fourth-order valence-corrected chi connectivity index (χ4v) is 0.812. The van der Waals surface area contributed by atoms with Gasteiger partial charge in [0, 0.05) is 0 Å². The number of carboxylic acids is 1. The summed E-state index contributed by atoms with van der Waals surface area (Å²) in [6, 6.07) is 0. The minimum absolute atomic E-state index is 0. The van der Waals surface area contributed by atoms with Crippen molar-refractivity contribution < 1.29 is 15.0 Å². The van der Waals surface area contributed by atoms with E-state index >= 15 is 0 Å². The monoisotopic (exact) mass is 190 g/mol. The average molecular weight is 190 g/mol. The van der Waals surface area contributed by atoms with Crippen molar-refractivity contribution in [3.05, 3.63) is 0 Å². The average Bonchev–Trinajstić information content (AvgIpc) is 1.82. The van der Waals surface area contributed by atoms with Gasteiger partial charge in [-0.15, -0.1) is 0 Å². The van der Waals surface area contributed by atoms with Crippen molar-refractivity contribution >= 4 is 69.1 Å². The van der Waals surface area contributed by atoms with Crippen LogP contribution in [0.2, 0.25) is 0 Å². The molecule has 0 spiro atoms. The van der Waals surface area contributed by atoms with Crippen LogP contribution in [0.15, 0.2) is 0 Å². The first-order valence-electron chi connectivity index (χ1n) is 2.58. The first-order chi connectivity index (χ1) is 4.18. The van der Waals surface area contributed by atoms with E-state index < -0.39 is 12.1 Å². The summed E-state index contributed by atoms with van der Waals surface area (Å²) < 4.78 is 0. The zero-order valence-electron chi connectivity index (χ0n) is 5.20. The van der Waals surface area contributed by atoms with Gasteiger partial charge >= 0.3 is 57.4 Å². The quantitative estimate of drug-likeness (QED) is 0.589. The SMILES string of the molecule is CSCCC(O)C(=O)O.[KH]. The van der Waals surface area contributed by atoms with Crippen molar-refractivity contribution in [3.63, 3.8) is 0 Å². The van der Waals surface area contributed by atoms with Crippen LogP contribution in [-0.2, 0) is 4.79 Å². The number of aliphatic hydroxyl groups is 1. The molecule has 0 amide bonds. The summed E-state index contributed by atoms with van der Waals surface area (Å²) in [6.07, 6.45) is 1.02. The normalized spacial score (nSPS) is 11.8. The van der Waals surface area contributed by atoms with Crippen LogP contribution in [-0.4, -0.2) is 85.7 Å². The van der Waals surface area contributed by atoms with Crippen molar-refractivity contribution in [3.8, 4) is 0 Å². The Labute approximate surface area is 107 Å². The van der Waals surface area contributed by atoms with E-state index in [9.17, 15) is 4.79 Å². The Balaban J connectivity index is 0. The summed E-state index contributed by atoms with van der Waals surface area (Å²) in [5.74, 6) is -0.447. The van der Waals surface area contributed by atoms with Gasteiger partial charge in [-0.1, -0.05) is 0 Å². The number of hydrogen-bond donors (Lipinski definition) is 2. The van der Waals surface area contributed by atoms with Crippen molar-refractivity contribution in [1.29, 1.82) is 0 Å². The van der Waals surface area contributed by atoms with E-state index in [1.165, 1.54) is 11.8 Å². The van der Waals surface area contributed by atoms with Gasteiger partial charge in [0.25, 0.3) is 0 Å². The van der Waals surface area contributed by atoms with E-state index in [4.69, 9.17) is 10.2 Å². The molecule has 0 aliphatic carbocycles. The van der Waals surface area contributed by atoms with Crippen LogP contribution in [0.3, 0.4) is 0 Å². The van der Waals surface area contributed by atoms with Crippen LogP contribution < -0.4 is 0 Å². The zero-order valence-corrected chi connectivity index (χ0v) is 6.02. The van der Waals surface area contributed by atoms with Crippen LogP contribution in [0.5, 0.6) is 0 Å². The molecular weight excluding hydrogens is 179 g/mol. The van der Waals surface area contributed by atoms with Gasteiger partial charge in [0.1, 0.15) is 0 Å². The predicted octanol–water partition coefficient (Wildman–Crippen LogP) is -0.464. The molecule has 0 aliphatic heterocycles. The molecule has 10 heavy (non-hydrogen) atoms. The van der Waals surface area contributed by atoms with Gasteiger partial charge in [-0.05, 0) is 18.4 Å². The maximum atomic E-state index is 9.95. The third-order valence-electron chi connectivity index (χ3n) is 0.880. The van der Waals surface area contributed by atoms with Crippen LogP contribution in [0, 0.1) is 0 Å². The molecule has 0 rings (SSSR count). The number of thioether (sulfide) groups is 1. The molecule has 1 unspecified atom stereocenters. The third-order valence-corrected chi connectivity index (χ3v) is 1.52. The molecule has 0 saturated heterocycles. The van der Waals surface area contributed by atoms with Gasteiger partial charge in [-0.2, -0.15) is 11.8 Å². The molecule has 5 heteroatoms. The van der Waals surface area contributed by atoms with Gasteiger partial charge < -0.3 is 10.2 Å². The van der Waals surface area contributed by atoms with Crippen molar-refractivity contribution in [2.45, 2.75) is 12.5 Å². The van der Waals surface area contributed by atoms with Gasteiger partial charge in [0.15, 0.2) is 6.10 Å². The van der Waals surface area contributed by atoms with Gasteiger partial charge in [-0.25, -0.2) is 4.79 Å². The van der Waals surface area contributed by atoms with Gasteiger partial charge in [0.05, 0.1) is 0 Å². The molecule has 0 aromatic rings. The Morgan fingerprint density at radius 3 is 2.50 bits per heavy atom. The first kappa shape index (κ1) is 14.0. The van der Waals surface area contributed by atoms with Crippen molar-refractivity contribution in [2.75, 3.05) is 12.0 Å². The molecule has 0 bridgehead atoms. The minimum atomic E-state index is -1.18. The van der Waals surface area contributed by atoms with E-state index in [2.05, 4.69) is 0 Å². The summed E-state index contributed by atoms with van der Waals surface area (Å²) in [4.78, 5) is 9.95. The second-order valence-corrected chi connectivity index (χ2v) is 2.62. The topological polar surface area (TPSA) is 57.5 Å². The molecule has 3 nitrogen and oxygen atoms in total.